The highest BCUT2D eigenvalue weighted by Crippen LogP contribution is 2.11. The van der Waals surface area contributed by atoms with Crippen molar-refractivity contribution < 1.29 is 9.84 Å². The van der Waals surface area contributed by atoms with Gasteiger partial charge in [0.2, 0.25) is 0 Å². The molecule has 13 heavy (non-hydrogen) atoms. The lowest BCUT2D eigenvalue weighted by Crippen LogP contribution is -2.08. The van der Waals surface area contributed by atoms with Gasteiger partial charge in [-0.25, -0.2) is 0 Å². The van der Waals surface area contributed by atoms with Crippen molar-refractivity contribution in [2.24, 2.45) is 0 Å². The molecule has 0 aliphatic rings. The van der Waals surface area contributed by atoms with Crippen LogP contribution in [0.2, 0.25) is 0 Å². The van der Waals surface area contributed by atoms with Gasteiger partial charge in [0, 0.05) is 12.8 Å². The van der Waals surface area contributed by atoms with Gasteiger partial charge in [0.1, 0.15) is 6.10 Å². The van der Waals surface area contributed by atoms with E-state index in [0.29, 0.717) is 18.9 Å². The molecule has 3 heteroatoms. The zero-order valence-corrected chi connectivity index (χ0v) is 8.03. The van der Waals surface area contributed by atoms with Crippen LogP contribution in [0, 0.1) is 6.92 Å². The molecular formula is C10H15NO2. The summed E-state index contributed by atoms with van der Waals surface area (Å²) >= 11 is 0. The van der Waals surface area contributed by atoms with E-state index in [0.717, 1.165) is 5.56 Å². The van der Waals surface area contributed by atoms with Crippen LogP contribution in [0.1, 0.15) is 24.3 Å². The molecule has 0 aliphatic heterocycles. The molecule has 0 fully saturated rings. The summed E-state index contributed by atoms with van der Waals surface area (Å²) in [5.74, 6) is 0. The van der Waals surface area contributed by atoms with Gasteiger partial charge in [-0.2, -0.15) is 0 Å². The molecule has 1 aromatic heterocycles. The van der Waals surface area contributed by atoms with E-state index in [4.69, 9.17) is 4.74 Å². The molecule has 0 saturated heterocycles. The van der Waals surface area contributed by atoms with E-state index in [-0.39, 0.29) is 0 Å². The third-order valence-electron chi connectivity index (χ3n) is 1.76. The molecular weight excluding hydrogens is 166 g/mol. The van der Waals surface area contributed by atoms with Crippen LogP contribution in [0.3, 0.4) is 0 Å². The van der Waals surface area contributed by atoms with Crippen LogP contribution in [-0.4, -0.2) is 23.3 Å². The van der Waals surface area contributed by atoms with Gasteiger partial charge in [-0.3, -0.25) is 4.98 Å². The van der Waals surface area contributed by atoms with Gasteiger partial charge in [-0.15, -0.1) is 0 Å². The molecule has 1 unspecified atom stereocenters. The first-order chi connectivity index (χ1) is 6.24. The van der Waals surface area contributed by atoms with E-state index >= 15 is 0 Å². The largest absolute Gasteiger partial charge is 0.384 e. The van der Waals surface area contributed by atoms with Gasteiger partial charge in [0.15, 0.2) is 0 Å². The fraction of sp³-hybridized carbons (Fsp3) is 0.500. The second-order valence-electron chi connectivity index (χ2n) is 2.93. The summed E-state index contributed by atoms with van der Waals surface area (Å²) in [4.78, 5) is 4.06. The number of aliphatic hydroxyl groups is 1. The molecule has 0 radical (unpaired) electrons. The van der Waals surface area contributed by atoms with E-state index in [1.165, 1.54) is 0 Å². The lowest BCUT2D eigenvalue weighted by Gasteiger charge is -2.09. The number of rotatable bonds is 4. The highest BCUT2D eigenvalue weighted by atomic mass is 16.5. The van der Waals surface area contributed by atoms with Crippen LogP contribution < -0.4 is 0 Å². The Kier molecular flexibility index (Phi) is 3.86. The highest BCUT2D eigenvalue weighted by molar-refractivity contribution is 5.16. The molecule has 0 spiro atoms. The fourth-order valence-corrected chi connectivity index (χ4v) is 1.06. The second-order valence-corrected chi connectivity index (χ2v) is 2.93. The molecule has 0 saturated carbocycles. The first-order valence-electron chi connectivity index (χ1n) is 4.42. The smallest absolute Gasteiger partial charge is 0.119 e. The zero-order valence-electron chi connectivity index (χ0n) is 8.03. The summed E-state index contributed by atoms with van der Waals surface area (Å²) in [7, 11) is 0. The average molecular weight is 181 g/mol. The monoisotopic (exact) mass is 181 g/mol. The van der Waals surface area contributed by atoms with Crippen LogP contribution in [0.5, 0.6) is 0 Å². The van der Waals surface area contributed by atoms with Gasteiger partial charge in [-0.1, -0.05) is 0 Å². The maximum atomic E-state index is 9.59. The predicted octanol–water partition coefficient (Wildman–Crippen LogP) is 1.46. The molecule has 0 bridgehead atoms. The Morgan fingerprint density at radius 2 is 2.38 bits per heavy atom. The summed E-state index contributed by atoms with van der Waals surface area (Å²) in [6.45, 7) is 4.80. The lowest BCUT2D eigenvalue weighted by molar-refractivity contribution is 0.0397. The molecule has 3 nitrogen and oxygen atoms in total. The molecule has 1 heterocycles. The van der Waals surface area contributed by atoms with Crippen LogP contribution in [0.25, 0.3) is 0 Å². The number of hydrogen-bond acceptors (Lipinski definition) is 3. The Morgan fingerprint density at radius 1 is 1.62 bits per heavy atom. The number of hydrogen-bond donors (Lipinski definition) is 1. The topological polar surface area (TPSA) is 42.4 Å². The van der Waals surface area contributed by atoms with Gasteiger partial charge in [0.25, 0.3) is 0 Å². The minimum atomic E-state index is -0.611. The summed E-state index contributed by atoms with van der Waals surface area (Å²) in [6.07, 6.45) is 1.08. The van der Waals surface area contributed by atoms with Gasteiger partial charge in [0.05, 0.1) is 12.3 Å². The van der Waals surface area contributed by atoms with Gasteiger partial charge in [-0.05, 0) is 31.5 Å². The quantitative estimate of drug-likeness (QED) is 0.764. The Hall–Kier alpha value is -0.930. The Labute approximate surface area is 78.4 Å². The normalized spacial score (nSPS) is 12.8. The summed E-state index contributed by atoms with van der Waals surface area (Å²) in [6, 6.07) is 3.76. The molecule has 0 amide bonds. The number of aliphatic hydroxyl groups excluding tert-OH is 1. The van der Waals surface area contributed by atoms with Crippen LogP contribution >= 0.6 is 0 Å². The van der Waals surface area contributed by atoms with Crippen molar-refractivity contribution in [2.75, 3.05) is 13.2 Å². The van der Waals surface area contributed by atoms with Crippen molar-refractivity contribution in [3.8, 4) is 0 Å². The first-order valence-corrected chi connectivity index (χ1v) is 4.42. The van der Waals surface area contributed by atoms with E-state index in [2.05, 4.69) is 4.98 Å². The van der Waals surface area contributed by atoms with Crippen LogP contribution in [0.4, 0.5) is 0 Å². The van der Waals surface area contributed by atoms with Crippen LogP contribution in [0.15, 0.2) is 18.3 Å². The van der Waals surface area contributed by atoms with Crippen LogP contribution in [-0.2, 0) is 4.74 Å². The van der Waals surface area contributed by atoms with Gasteiger partial charge < -0.3 is 9.84 Å². The molecule has 0 aromatic carbocycles. The van der Waals surface area contributed by atoms with E-state index < -0.39 is 6.10 Å². The SMILES string of the molecule is CCOCC(O)c1cc(C)ccn1. The van der Waals surface area contributed by atoms with Gasteiger partial charge >= 0.3 is 0 Å². The minimum absolute atomic E-state index is 0.312. The molecule has 0 aliphatic carbocycles. The second kappa shape index (κ2) is 4.94. The average Bonchev–Trinajstić information content (AvgIpc) is 2.14. The summed E-state index contributed by atoms with van der Waals surface area (Å²) in [5.41, 5.74) is 1.77. The highest BCUT2D eigenvalue weighted by Gasteiger charge is 2.08. The van der Waals surface area contributed by atoms with Crippen molar-refractivity contribution in [3.05, 3.63) is 29.6 Å². The molecule has 1 N–H and O–H groups in total. The number of aryl methyl sites for hydroxylation is 1. The maximum Gasteiger partial charge on any atom is 0.119 e. The van der Waals surface area contributed by atoms with Crippen molar-refractivity contribution in [1.82, 2.24) is 4.98 Å². The third kappa shape index (κ3) is 3.13. The van der Waals surface area contributed by atoms with Crippen molar-refractivity contribution in [1.29, 1.82) is 0 Å². The Morgan fingerprint density at radius 3 is 3.00 bits per heavy atom. The lowest BCUT2D eigenvalue weighted by atomic mass is 10.2. The number of nitrogens with zero attached hydrogens (tertiary/aromatic N) is 1. The van der Waals surface area contributed by atoms with E-state index in [1.54, 1.807) is 6.20 Å². The third-order valence-corrected chi connectivity index (χ3v) is 1.76. The zero-order chi connectivity index (χ0) is 9.68. The predicted molar refractivity (Wildman–Crippen MR) is 50.4 cm³/mol. The maximum absolute atomic E-state index is 9.59. The standard InChI is InChI=1S/C10H15NO2/c1-3-13-7-10(12)9-6-8(2)4-5-11-9/h4-6,10,12H,3,7H2,1-2H3. The number of ether oxygens (including phenoxy) is 1. The molecule has 1 rings (SSSR count). The minimum Gasteiger partial charge on any atom is -0.384 e. The van der Waals surface area contributed by atoms with Crippen molar-refractivity contribution in [2.45, 2.75) is 20.0 Å². The van der Waals surface area contributed by atoms with Crippen molar-refractivity contribution >= 4 is 0 Å². The Bertz CT molecular complexity index is 263. The number of pyridine rings is 1. The first kappa shape index (κ1) is 10.2. The molecule has 1 atom stereocenters. The van der Waals surface area contributed by atoms with E-state index in [1.807, 2.05) is 26.0 Å². The molecule has 72 valence electrons. The van der Waals surface area contributed by atoms with E-state index in [9.17, 15) is 5.11 Å². The Balaban J connectivity index is 2.60. The summed E-state index contributed by atoms with van der Waals surface area (Å²) in [5, 5.41) is 9.59. The number of aromatic nitrogens is 1. The van der Waals surface area contributed by atoms with Crippen molar-refractivity contribution in [3.63, 3.8) is 0 Å². The summed E-state index contributed by atoms with van der Waals surface area (Å²) < 4.78 is 5.10. The molecule has 1 aromatic rings. The fourth-order valence-electron chi connectivity index (χ4n) is 1.06.